The van der Waals surface area contributed by atoms with Gasteiger partial charge in [-0.15, -0.1) is 11.6 Å². The monoisotopic (exact) mass is 326 g/mol. The van der Waals surface area contributed by atoms with Gasteiger partial charge >= 0.3 is 0 Å². The highest BCUT2D eigenvalue weighted by Crippen LogP contribution is 2.26. The fraction of sp³-hybridized carbons (Fsp3) is 0.231. The van der Waals surface area contributed by atoms with Gasteiger partial charge in [0.25, 0.3) is 0 Å². The predicted molar refractivity (Wildman–Crippen MR) is 75.0 cm³/mol. The van der Waals surface area contributed by atoms with Crippen LogP contribution in [0.1, 0.15) is 16.6 Å². The van der Waals surface area contributed by atoms with Crippen LogP contribution in [-0.4, -0.2) is 17.1 Å². The second kappa shape index (κ2) is 6.16. The maximum absolute atomic E-state index is 6.37. The first-order valence-electron chi connectivity index (χ1n) is 5.43. The number of hydrogen-bond donors (Lipinski definition) is 0. The van der Waals surface area contributed by atoms with E-state index in [0.717, 1.165) is 15.7 Å². The minimum Gasteiger partial charge on any atom is -0.481 e. The lowest BCUT2D eigenvalue weighted by Crippen LogP contribution is -2.00. The first-order valence-corrected chi connectivity index (χ1v) is 6.66. The Labute approximate surface area is 119 Å². The van der Waals surface area contributed by atoms with Crippen molar-refractivity contribution in [1.29, 1.82) is 0 Å². The molecule has 5 heteroatoms. The molecule has 0 saturated carbocycles. The molecule has 1 aromatic carbocycles. The Morgan fingerprint density at radius 3 is 2.67 bits per heavy atom. The van der Waals surface area contributed by atoms with Gasteiger partial charge in [-0.25, -0.2) is 9.97 Å². The molecule has 0 radical (unpaired) electrons. The molecule has 2 rings (SSSR count). The average molecular weight is 328 g/mol. The van der Waals surface area contributed by atoms with E-state index in [1.165, 1.54) is 6.33 Å². The quantitative estimate of drug-likeness (QED) is 0.802. The van der Waals surface area contributed by atoms with Gasteiger partial charge in [-0.1, -0.05) is 28.1 Å². The van der Waals surface area contributed by atoms with Crippen LogP contribution in [0.3, 0.4) is 0 Å². The Balaban J connectivity index is 2.10. The molecule has 0 saturated heterocycles. The molecule has 1 heterocycles. The number of methoxy groups -OCH3 is 1. The Kier molecular flexibility index (Phi) is 4.55. The Hall–Kier alpha value is -1.13. The molecule has 2 aromatic rings. The third-order valence-corrected chi connectivity index (χ3v) is 3.46. The molecule has 0 fully saturated rings. The van der Waals surface area contributed by atoms with Gasteiger partial charge in [0.2, 0.25) is 5.88 Å². The van der Waals surface area contributed by atoms with E-state index in [9.17, 15) is 0 Å². The standard InChI is InChI=1S/C13H12BrClN2O/c1-18-13-7-11(16-8-17-13)6-12(15)9-2-4-10(14)5-3-9/h2-5,7-8,12H,6H2,1H3. The van der Waals surface area contributed by atoms with E-state index < -0.39 is 0 Å². The van der Waals surface area contributed by atoms with E-state index in [1.807, 2.05) is 24.3 Å². The smallest absolute Gasteiger partial charge is 0.216 e. The lowest BCUT2D eigenvalue weighted by Gasteiger charge is -2.09. The topological polar surface area (TPSA) is 35.0 Å². The van der Waals surface area contributed by atoms with Crippen LogP contribution in [0.15, 0.2) is 41.1 Å². The van der Waals surface area contributed by atoms with Crippen molar-refractivity contribution in [1.82, 2.24) is 9.97 Å². The van der Waals surface area contributed by atoms with E-state index in [-0.39, 0.29) is 5.38 Å². The summed E-state index contributed by atoms with van der Waals surface area (Å²) in [5, 5.41) is -0.113. The molecule has 0 aliphatic heterocycles. The molecule has 1 atom stereocenters. The summed E-state index contributed by atoms with van der Waals surface area (Å²) in [7, 11) is 1.58. The molecule has 94 valence electrons. The molecule has 0 bridgehead atoms. The van der Waals surface area contributed by atoms with Gasteiger partial charge in [0.15, 0.2) is 0 Å². The fourth-order valence-corrected chi connectivity index (χ4v) is 2.14. The lowest BCUT2D eigenvalue weighted by molar-refractivity contribution is 0.396. The summed E-state index contributed by atoms with van der Waals surface area (Å²) >= 11 is 9.77. The van der Waals surface area contributed by atoms with E-state index in [2.05, 4.69) is 25.9 Å². The number of aromatic nitrogens is 2. The summed E-state index contributed by atoms with van der Waals surface area (Å²) in [5.74, 6) is 0.555. The van der Waals surface area contributed by atoms with Crippen molar-refractivity contribution in [3.8, 4) is 5.88 Å². The van der Waals surface area contributed by atoms with Crippen LogP contribution >= 0.6 is 27.5 Å². The largest absolute Gasteiger partial charge is 0.481 e. The summed E-state index contributed by atoms with van der Waals surface area (Å²) in [4.78, 5) is 8.15. The third-order valence-electron chi connectivity index (χ3n) is 2.53. The zero-order chi connectivity index (χ0) is 13.0. The Bertz CT molecular complexity index is 519. The van der Waals surface area contributed by atoms with Crippen molar-refractivity contribution in [3.05, 3.63) is 52.4 Å². The minimum atomic E-state index is -0.113. The zero-order valence-corrected chi connectivity index (χ0v) is 12.1. The van der Waals surface area contributed by atoms with Crippen LogP contribution in [0.5, 0.6) is 5.88 Å². The molecule has 3 nitrogen and oxygen atoms in total. The molecular formula is C13H12BrClN2O. The number of benzene rings is 1. The second-order valence-corrected chi connectivity index (χ2v) is 5.22. The van der Waals surface area contributed by atoms with Crippen LogP contribution in [0.2, 0.25) is 0 Å². The van der Waals surface area contributed by atoms with Gasteiger partial charge in [-0.2, -0.15) is 0 Å². The van der Waals surface area contributed by atoms with E-state index in [0.29, 0.717) is 12.3 Å². The van der Waals surface area contributed by atoms with E-state index in [1.54, 1.807) is 13.2 Å². The summed E-state index contributed by atoms with van der Waals surface area (Å²) in [6.07, 6.45) is 2.13. The molecule has 0 aliphatic carbocycles. The van der Waals surface area contributed by atoms with Crippen molar-refractivity contribution in [3.63, 3.8) is 0 Å². The van der Waals surface area contributed by atoms with Gasteiger partial charge in [-0.3, -0.25) is 0 Å². The second-order valence-electron chi connectivity index (χ2n) is 3.77. The van der Waals surface area contributed by atoms with Crippen molar-refractivity contribution in [2.45, 2.75) is 11.8 Å². The molecule has 0 amide bonds. The van der Waals surface area contributed by atoms with Crippen molar-refractivity contribution in [2.24, 2.45) is 0 Å². The number of rotatable bonds is 4. The molecule has 1 aromatic heterocycles. The van der Waals surface area contributed by atoms with Crippen molar-refractivity contribution < 1.29 is 4.74 Å². The fourth-order valence-electron chi connectivity index (χ4n) is 1.57. The van der Waals surface area contributed by atoms with Crippen LogP contribution in [0, 0.1) is 0 Å². The van der Waals surface area contributed by atoms with Crippen LogP contribution < -0.4 is 4.74 Å². The third kappa shape index (κ3) is 3.43. The number of alkyl halides is 1. The van der Waals surface area contributed by atoms with Gasteiger partial charge in [0, 0.05) is 22.7 Å². The highest BCUT2D eigenvalue weighted by molar-refractivity contribution is 9.10. The average Bonchev–Trinajstić information content (AvgIpc) is 2.39. The molecule has 18 heavy (non-hydrogen) atoms. The molecule has 0 spiro atoms. The summed E-state index contributed by atoms with van der Waals surface area (Å²) in [6.45, 7) is 0. The molecular weight excluding hydrogens is 316 g/mol. The van der Waals surface area contributed by atoms with E-state index in [4.69, 9.17) is 16.3 Å². The summed E-state index contributed by atoms with van der Waals surface area (Å²) in [6, 6.07) is 9.76. The van der Waals surface area contributed by atoms with Gasteiger partial charge in [-0.05, 0) is 17.7 Å². The number of halogens is 2. The number of hydrogen-bond acceptors (Lipinski definition) is 3. The Morgan fingerprint density at radius 2 is 2.00 bits per heavy atom. The normalized spacial score (nSPS) is 12.2. The van der Waals surface area contributed by atoms with Crippen molar-refractivity contribution >= 4 is 27.5 Å². The zero-order valence-electron chi connectivity index (χ0n) is 9.81. The van der Waals surface area contributed by atoms with Crippen molar-refractivity contribution in [2.75, 3.05) is 7.11 Å². The lowest BCUT2D eigenvalue weighted by atomic mass is 10.1. The first-order chi connectivity index (χ1) is 8.69. The SMILES string of the molecule is COc1cc(CC(Cl)c2ccc(Br)cc2)ncn1. The number of nitrogens with zero attached hydrogens (tertiary/aromatic N) is 2. The highest BCUT2D eigenvalue weighted by atomic mass is 79.9. The van der Waals surface area contributed by atoms with Crippen LogP contribution in [-0.2, 0) is 6.42 Å². The maximum Gasteiger partial charge on any atom is 0.216 e. The summed E-state index contributed by atoms with van der Waals surface area (Å²) in [5.41, 5.74) is 1.93. The first kappa shape index (κ1) is 13.3. The van der Waals surface area contributed by atoms with Gasteiger partial charge in [0.05, 0.1) is 12.5 Å². The molecule has 0 aliphatic rings. The summed E-state index contributed by atoms with van der Waals surface area (Å²) < 4.78 is 6.10. The number of ether oxygens (including phenoxy) is 1. The minimum absolute atomic E-state index is 0.113. The van der Waals surface area contributed by atoms with Gasteiger partial charge in [0.1, 0.15) is 6.33 Å². The Morgan fingerprint density at radius 1 is 1.28 bits per heavy atom. The van der Waals surface area contributed by atoms with E-state index >= 15 is 0 Å². The van der Waals surface area contributed by atoms with Gasteiger partial charge < -0.3 is 4.74 Å². The van der Waals surface area contributed by atoms with Crippen LogP contribution in [0.4, 0.5) is 0 Å². The maximum atomic E-state index is 6.37. The highest BCUT2D eigenvalue weighted by Gasteiger charge is 2.10. The van der Waals surface area contributed by atoms with Crippen LogP contribution in [0.25, 0.3) is 0 Å². The molecule has 0 N–H and O–H groups in total. The predicted octanol–water partition coefficient (Wildman–Crippen LogP) is 3.77. The molecule has 1 unspecified atom stereocenters.